The largest absolute Gasteiger partial charge is 0.454 e. The number of hydrogen-bond donors (Lipinski definition) is 1. The third-order valence-electron chi connectivity index (χ3n) is 3.12. The van der Waals surface area contributed by atoms with Crippen molar-refractivity contribution in [1.29, 1.82) is 0 Å². The van der Waals surface area contributed by atoms with Crippen LogP contribution in [0, 0.1) is 5.82 Å². The molecular weight excluding hydrogens is 335 g/mol. The average Bonchev–Trinajstić information content (AvgIpc) is 3.22. The fraction of sp³-hybridized carbons (Fsp3) is 0.0625. The van der Waals surface area contributed by atoms with Crippen molar-refractivity contribution >= 4 is 23.7 Å². The van der Waals surface area contributed by atoms with Crippen LogP contribution in [0.3, 0.4) is 0 Å². The molecule has 0 radical (unpaired) electrons. The number of amides is 1. The Balaban J connectivity index is 1.63. The smallest absolute Gasteiger partial charge is 0.307 e. The fourth-order valence-corrected chi connectivity index (χ4v) is 2.19. The molecule has 8 heteroatoms. The van der Waals surface area contributed by atoms with Crippen LogP contribution in [0.1, 0.15) is 21.9 Å². The van der Waals surface area contributed by atoms with Crippen molar-refractivity contribution in [3.05, 3.63) is 76.7 Å². The number of furan rings is 1. The van der Waals surface area contributed by atoms with Gasteiger partial charge in [-0.15, -0.1) is 0 Å². The zero-order valence-corrected chi connectivity index (χ0v) is 13.1. The van der Waals surface area contributed by atoms with E-state index in [-0.39, 0.29) is 16.3 Å². The number of carbonyl (C=O) groups is 1. The summed E-state index contributed by atoms with van der Waals surface area (Å²) in [5, 5.41) is 7.95. The summed E-state index contributed by atoms with van der Waals surface area (Å²) in [6.45, 7) is 0.411. The fourth-order valence-electron chi connectivity index (χ4n) is 1.98. The number of halogens is 2. The minimum atomic E-state index is -0.551. The predicted molar refractivity (Wildman–Crippen MR) is 86.5 cm³/mol. The van der Waals surface area contributed by atoms with E-state index in [1.165, 1.54) is 24.3 Å². The van der Waals surface area contributed by atoms with Gasteiger partial charge < -0.3 is 4.42 Å². The van der Waals surface area contributed by atoms with E-state index in [2.05, 4.69) is 15.6 Å². The van der Waals surface area contributed by atoms with E-state index in [4.69, 9.17) is 16.0 Å². The van der Waals surface area contributed by atoms with E-state index in [1.54, 1.807) is 29.2 Å². The van der Waals surface area contributed by atoms with Gasteiger partial charge in [0.2, 0.25) is 0 Å². The molecule has 0 atom stereocenters. The van der Waals surface area contributed by atoms with Gasteiger partial charge in [-0.2, -0.15) is 10.2 Å². The van der Waals surface area contributed by atoms with Crippen LogP contribution in [0.4, 0.5) is 4.39 Å². The molecule has 1 aromatic carbocycles. The highest BCUT2D eigenvalue weighted by Crippen LogP contribution is 2.16. The Hall–Kier alpha value is -2.93. The van der Waals surface area contributed by atoms with Crippen LogP contribution in [0.5, 0.6) is 0 Å². The second-order valence-electron chi connectivity index (χ2n) is 4.80. The molecule has 24 heavy (non-hydrogen) atoms. The molecule has 1 N–H and O–H groups in total. The Morgan fingerprint density at radius 3 is 3.00 bits per heavy atom. The number of nitrogens with zero attached hydrogens (tertiary/aromatic N) is 3. The van der Waals surface area contributed by atoms with E-state index < -0.39 is 11.7 Å². The zero-order chi connectivity index (χ0) is 16.9. The second-order valence-corrected chi connectivity index (χ2v) is 5.21. The highest BCUT2D eigenvalue weighted by atomic mass is 35.5. The predicted octanol–water partition coefficient (Wildman–Crippen LogP) is 3.08. The van der Waals surface area contributed by atoms with Crippen molar-refractivity contribution in [3.8, 4) is 0 Å². The van der Waals surface area contributed by atoms with Crippen LogP contribution in [0.15, 0.2) is 58.3 Å². The highest BCUT2D eigenvalue weighted by Gasteiger charge is 2.11. The summed E-state index contributed by atoms with van der Waals surface area (Å²) >= 11 is 5.86. The summed E-state index contributed by atoms with van der Waals surface area (Å²) in [6, 6.07) is 9.26. The number of hydrazone groups is 1. The maximum absolute atomic E-state index is 13.6. The summed E-state index contributed by atoms with van der Waals surface area (Å²) in [4.78, 5) is 12.0. The molecule has 122 valence electrons. The molecule has 2 aromatic heterocycles. The SMILES string of the molecule is O=C(N/N=C/c1c(F)cccc1Cl)c1ccc(Cn2cccn2)o1. The Morgan fingerprint density at radius 2 is 2.25 bits per heavy atom. The molecule has 2 heterocycles. The molecule has 0 saturated carbocycles. The second kappa shape index (κ2) is 7.10. The minimum absolute atomic E-state index is 0.0916. The lowest BCUT2D eigenvalue weighted by atomic mass is 10.2. The van der Waals surface area contributed by atoms with E-state index in [1.807, 2.05) is 0 Å². The molecule has 0 spiro atoms. The zero-order valence-electron chi connectivity index (χ0n) is 12.3. The van der Waals surface area contributed by atoms with Gasteiger partial charge in [-0.1, -0.05) is 17.7 Å². The molecule has 0 aliphatic rings. The molecule has 0 bridgehead atoms. The monoisotopic (exact) mass is 346 g/mol. The first-order valence-corrected chi connectivity index (χ1v) is 7.35. The third kappa shape index (κ3) is 3.69. The van der Waals surface area contributed by atoms with E-state index >= 15 is 0 Å². The van der Waals surface area contributed by atoms with Crippen molar-refractivity contribution in [3.63, 3.8) is 0 Å². The molecule has 6 nitrogen and oxygen atoms in total. The molecule has 3 rings (SSSR count). The summed E-state index contributed by atoms with van der Waals surface area (Å²) < 4.78 is 20.7. The number of rotatable bonds is 5. The third-order valence-corrected chi connectivity index (χ3v) is 3.45. The van der Waals surface area contributed by atoms with Crippen molar-refractivity contribution < 1.29 is 13.6 Å². The van der Waals surface area contributed by atoms with Crippen molar-refractivity contribution in [2.75, 3.05) is 0 Å². The molecule has 3 aromatic rings. The lowest BCUT2D eigenvalue weighted by Gasteiger charge is -2.00. The molecule has 0 aliphatic heterocycles. The van der Waals surface area contributed by atoms with Gasteiger partial charge >= 0.3 is 5.91 Å². The number of hydrogen-bond acceptors (Lipinski definition) is 4. The molecular formula is C16H12ClFN4O2. The van der Waals surface area contributed by atoms with Crippen LogP contribution < -0.4 is 5.43 Å². The van der Waals surface area contributed by atoms with Crippen molar-refractivity contribution in [2.24, 2.45) is 5.10 Å². The van der Waals surface area contributed by atoms with Gasteiger partial charge in [-0.3, -0.25) is 9.48 Å². The normalized spacial score (nSPS) is 11.1. The van der Waals surface area contributed by atoms with Crippen molar-refractivity contribution in [2.45, 2.75) is 6.54 Å². The lowest BCUT2D eigenvalue weighted by molar-refractivity contribution is 0.0925. The number of nitrogens with one attached hydrogen (secondary N) is 1. The summed E-state index contributed by atoms with van der Waals surface area (Å²) in [5.74, 6) is -0.413. The Bertz CT molecular complexity index is 854. The first-order chi connectivity index (χ1) is 11.6. The van der Waals surface area contributed by atoms with Crippen LogP contribution in [0.25, 0.3) is 0 Å². The molecule has 0 aliphatic carbocycles. The Labute approximate surface area is 141 Å². The van der Waals surface area contributed by atoms with Crippen LogP contribution in [-0.4, -0.2) is 21.9 Å². The number of benzene rings is 1. The van der Waals surface area contributed by atoms with Crippen LogP contribution in [-0.2, 0) is 6.54 Å². The maximum atomic E-state index is 13.6. The van der Waals surface area contributed by atoms with E-state index in [0.717, 1.165) is 6.21 Å². The first-order valence-electron chi connectivity index (χ1n) is 6.97. The van der Waals surface area contributed by atoms with Gasteiger partial charge in [-0.05, 0) is 30.3 Å². The van der Waals surface area contributed by atoms with E-state index in [0.29, 0.717) is 12.3 Å². The quantitative estimate of drug-likeness (QED) is 0.570. The Kier molecular flexibility index (Phi) is 4.72. The Morgan fingerprint density at radius 1 is 1.38 bits per heavy atom. The standard InChI is InChI=1S/C16H12ClFN4O2/c17-13-3-1-4-14(18)12(13)9-19-21-16(23)15-6-5-11(24-15)10-22-8-2-7-20-22/h1-9H,10H2,(H,21,23)/b19-9+. The van der Waals surface area contributed by atoms with Gasteiger partial charge in [0.25, 0.3) is 0 Å². The highest BCUT2D eigenvalue weighted by molar-refractivity contribution is 6.33. The maximum Gasteiger partial charge on any atom is 0.307 e. The molecule has 0 saturated heterocycles. The molecule has 1 amide bonds. The summed E-state index contributed by atoms with van der Waals surface area (Å²) in [5.41, 5.74) is 2.36. The first kappa shape index (κ1) is 15.9. The topological polar surface area (TPSA) is 72.4 Å². The van der Waals surface area contributed by atoms with Gasteiger partial charge in [-0.25, -0.2) is 9.82 Å². The molecule has 0 unspecified atom stereocenters. The number of aromatic nitrogens is 2. The van der Waals surface area contributed by atoms with Gasteiger partial charge in [0.15, 0.2) is 5.76 Å². The van der Waals surface area contributed by atoms with Crippen LogP contribution in [0.2, 0.25) is 5.02 Å². The van der Waals surface area contributed by atoms with Crippen molar-refractivity contribution in [1.82, 2.24) is 15.2 Å². The summed E-state index contributed by atoms with van der Waals surface area (Å²) in [6.07, 6.45) is 4.58. The number of carbonyl (C=O) groups excluding carboxylic acids is 1. The van der Waals surface area contributed by atoms with Gasteiger partial charge in [0.05, 0.1) is 17.8 Å². The van der Waals surface area contributed by atoms with E-state index in [9.17, 15) is 9.18 Å². The van der Waals surface area contributed by atoms with Gasteiger partial charge in [0, 0.05) is 18.0 Å². The van der Waals surface area contributed by atoms with Gasteiger partial charge in [0.1, 0.15) is 11.6 Å². The minimum Gasteiger partial charge on any atom is -0.454 e. The summed E-state index contributed by atoms with van der Waals surface area (Å²) in [7, 11) is 0. The lowest BCUT2D eigenvalue weighted by Crippen LogP contribution is -2.17. The molecule has 0 fully saturated rings. The van der Waals surface area contributed by atoms with Crippen LogP contribution >= 0.6 is 11.6 Å². The average molecular weight is 347 g/mol.